The minimum absolute atomic E-state index is 0.0141. The van der Waals surface area contributed by atoms with Gasteiger partial charge in [-0.3, -0.25) is 9.59 Å². The Bertz CT molecular complexity index is 774. The van der Waals surface area contributed by atoms with Crippen molar-refractivity contribution in [1.82, 2.24) is 9.80 Å². The van der Waals surface area contributed by atoms with Crippen LogP contribution in [0.3, 0.4) is 0 Å². The standard InChI is InChI=1S/C21H29N3O5/c1-21(2,3)29-20(27)23-11-6-10-22(13-14-23)18(25)9-12-24-16-7-4-5-8-17(16)28-15-19(24)26/h4-5,7-8H,6,9-15H2,1-3H3. The quantitative estimate of drug-likeness (QED) is 0.774. The first kappa shape index (κ1) is 21.0. The zero-order valence-corrected chi connectivity index (χ0v) is 17.3. The lowest BCUT2D eigenvalue weighted by molar-refractivity contribution is -0.131. The highest BCUT2D eigenvalue weighted by molar-refractivity contribution is 5.98. The molecule has 1 saturated heterocycles. The van der Waals surface area contributed by atoms with Crippen molar-refractivity contribution in [2.24, 2.45) is 0 Å². The molecule has 2 aliphatic heterocycles. The van der Waals surface area contributed by atoms with Crippen molar-refractivity contribution in [1.29, 1.82) is 0 Å². The Morgan fingerprint density at radius 2 is 1.76 bits per heavy atom. The third-order valence-corrected chi connectivity index (χ3v) is 4.86. The van der Waals surface area contributed by atoms with Crippen molar-refractivity contribution in [3.8, 4) is 5.75 Å². The van der Waals surface area contributed by atoms with Gasteiger partial charge in [-0.05, 0) is 39.3 Å². The number of rotatable bonds is 3. The fourth-order valence-corrected chi connectivity index (χ4v) is 3.44. The number of fused-ring (bicyclic) bond motifs is 1. The Hall–Kier alpha value is -2.77. The highest BCUT2D eigenvalue weighted by atomic mass is 16.6. The van der Waals surface area contributed by atoms with Crippen LogP contribution in [-0.2, 0) is 14.3 Å². The molecule has 0 spiro atoms. The molecule has 0 aliphatic carbocycles. The third-order valence-electron chi connectivity index (χ3n) is 4.86. The molecular weight excluding hydrogens is 374 g/mol. The number of anilines is 1. The number of hydrogen-bond acceptors (Lipinski definition) is 5. The molecule has 0 unspecified atom stereocenters. The molecule has 8 nitrogen and oxygen atoms in total. The van der Waals surface area contributed by atoms with Crippen LogP contribution in [0.15, 0.2) is 24.3 Å². The monoisotopic (exact) mass is 403 g/mol. The van der Waals surface area contributed by atoms with E-state index < -0.39 is 5.60 Å². The van der Waals surface area contributed by atoms with Crippen molar-refractivity contribution >= 4 is 23.6 Å². The SMILES string of the molecule is CC(C)(C)OC(=O)N1CCCN(C(=O)CCN2C(=O)COc3ccccc32)CC1. The van der Waals surface area contributed by atoms with Crippen LogP contribution in [0.25, 0.3) is 0 Å². The lowest BCUT2D eigenvalue weighted by Gasteiger charge is -2.30. The Morgan fingerprint density at radius 1 is 1.07 bits per heavy atom. The molecule has 2 heterocycles. The first-order chi connectivity index (χ1) is 13.7. The molecule has 1 fully saturated rings. The predicted molar refractivity (Wildman–Crippen MR) is 108 cm³/mol. The normalized spacial score (nSPS) is 17.3. The van der Waals surface area contributed by atoms with Gasteiger partial charge in [0, 0.05) is 39.1 Å². The van der Waals surface area contributed by atoms with Crippen molar-refractivity contribution in [2.75, 3.05) is 44.2 Å². The van der Waals surface area contributed by atoms with E-state index in [1.54, 1.807) is 14.7 Å². The molecule has 0 atom stereocenters. The van der Waals surface area contributed by atoms with E-state index in [0.717, 1.165) is 0 Å². The number of carbonyl (C=O) groups is 3. The summed E-state index contributed by atoms with van der Waals surface area (Å²) in [6, 6.07) is 7.33. The molecule has 0 bridgehead atoms. The maximum Gasteiger partial charge on any atom is 0.410 e. The van der Waals surface area contributed by atoms with Gasteiger partial charge in [-0.25, -0.2) is 4.79 Å². The van der Waals surface area contributed by atoms with Crippen molar-refractivity contribution in [2.45, 2.75) is 39.2 Å². The molecule has 0 N–H and O–H groups in total. The summed E-state index contributed by atoms with van der Waals surface area (Å²) in [5.74, 6) is 0.485. The lowest BCUT2D eigenvalue weighted by Crippen LogP contribution is -2.43. The Kier molecular flexibility index (Phi) is 6.30. The van der Waals surface area contributed by atoms with Gasteiger partial charge in [-0.1, -0.05) is 12.1 Å². The maximum absolute atomic E-state index is 12.7. The van der Waals surface area contributed by atoms with Gasteiger partial charge in [0.05, 0.1) is 5.69 Å². The summed E-state index contributed by atoms with van der Waals surface area (Å²) in [6.07, 6.45) is 0.582. The first-order valence-electron chi connectivity index (χ1n) is 10.0. The number of para-hydroxylation sites is 2. The van der Waals surface area contributed by atoms with E-state index in [9.17, 15) is 14.4 Å². The second-order valence-corrected chi connectivity index (χ2v) is 8.25. The summed E-state index contributed by atoms with van der Waals surface area (Å²) in [5, 5.41) is 0. The summed E-state index contributed by atoms with van der Waals surface area (Å²) >= 11 is 0. The maximum atomic E-state index is 12.7. The van der Waals surface area contributed by atoms with Crippen LogP contribution in [0, 0.1) is 0 Å². The molecule has 3 amide bonds. The topological polar surface area (TPSA) is 79.4 Å². The van der Waals surface area contributed by atoms with Crippen LogP contribution in [-0.4, -0.2) is 72.6 Å². The fraction of sp³-hybridized carbons (Fsp3) is 0.571. The summed E-state index contributed by atoms with van der Waals surface area (Å²) in [7, 11) is 0. The van der Waals surface area contributed by atoms with Crippen LogP contribution in [0.4, 0.5) is 10.5 Å². The summed E-state index contributed by atoms with van der Waals surface area (Å²) in [5.41, 5.74) is 0.156. The average Bonchev–Trinajstić information content (AvgIpc) is 2.92. The van der Waals surface area contributed by atoms with E-state index in [1.807, 2.05) is 45.0 Å². The Balaban J connectivity index is 1.54. The van der Waals surface area contributed by atoms with Crippen molar-refractivity contribution in [3.05, 3.63) is 24.3 Å². The van der Waals surface area contributed by atoms with Gasteiger partial charge >= 0.3 is 6.09 Å². The first-order valence-corrected chi connectivity index (χ1v) is 10.0. The number of hydrogen-bond donors (Lipinski definition) is 0. The van der Waals surface area contributed by atoms with Gasteiger partial charge in [0.2, 0.25) is 5.91 Å². The summed E-state index contributed by atoms with van der Waals surface area (Å²) in [4.78, 5) is 42.3. The van der Waals surface area contributed by atoms with E-state index >= 15 is 0 Å². The minimum atomic E-state index is -0.542. The zero-order chi connectivity index (χ0) is 21.0. The summed E-state index contributed by atoms with van der Waals surface area (Å²) in [6.45, 7) is 7.87. The van der Waals surface area contributed by atoms with Gasteiger partial charge in [-0.2, -0.15) is 0 Å². The number of ether oxygens (including phenoxy) is 2. The number of benzene rings is 1. The number of amides is 3. The van der Waals surface area contributed by atoms with E-state index in [0.29, 0.717) is 50.6 Å². The zero-order valence-electron chi connectivity index (χ0n) is 17.3. The molecule has 29 heavy (non-hydrogen) atoms. The van der Waals surface area contributed by atoms with Crippen LogP contribution in [0.2, 0.25) is 0 Å². The van der Waals surface area contributed by atoms with Crippen molar-refractivity contribution in [3.63, 3.8) is 0 Å². The van der Waals surface area contributed by atoms with Gasteiger partial charge in [-0.15, -0.1) is 0 Å². The second kappa shape index (κ2) is 8.71. The minimum Gasteiger partial charge on any atom is -0.482 e. The fourth-order valence-electron chi connectivity index (χ4n) is 3.44. The molecule has 158 valence electrons. The average molecular weight is 403 g/mol. The molecule has 0 aromatic heterocycles. The van der Waals surface area contributed by atoms with E-state index in [2.05, 4.69) is 0 Å². The molecule has 1 aromatic carbocycles. The van der Waals surface area contributed by atoms with E-state index in [1.165, 1.54) is 0 Å². The van der Waals surface area contributed by atoms with Crippen molar-refractivity contribution < 1.29 is 23.9 Å². The van der Waals surface area contributed by atoms with Crippen LogP contribution in [0.5, 0.6) is 5.75 Å². The van der Waals surface area contributed by atoms with E-state index in [4.69, 9.17) is 9.47 Å². The molecule has 0 radical (unpaired) electrons. The van der Waals surface area contributed by atoms with E-state index in [-0.39, 0.29) is 30.9 Å². The second-order valence-electron chi connectivity index (χ2n) is 8.25. The molecule has 3 rings (SSSR count). The largest absolute Gasteiger partial charge is 0.482 e. The van der Waals surface area contributed by atoms with Gasteiger partial charge in [0.1, 0.15) is 11.4 Å². The molecule has 1 aromatic rings. The molecular formula is C21H29N3O5. The predicted octanol–water partition coefficient (Wildman–Crippen LogP) is 2.27. The third kappa shape index (κ3) is 5.40. The highest BCUT2D eigenvalue weighted by Gasteiger charge is 2.28. The molecule has 0 saturated carbocycles. The van der Waals surface area contributed by atoms with Gasteiger partial charge in [0.15, 0.2) is 6.61 Å². The van der Waals surface area contributed by atoms with Crippen LogP contribution in [0.1, 0.15) is 33.6 Å². The Morgan fingerprint density at radius 3 is 2.52 bits per heavy atom. The van der Waals surface area contributed by atoms with Gasteiger partial charge in [0.25, 0.3) is 5.91 Å². The molecule has 8 heteroatoms. The van der Waals surface area contributed by atoms with Crippen LogP contribution < -0.4 is 9.64 Å². The number of carbonyl (C=O) groups excluding carboxylic acids is 3. The molecule has 2 aliphatic rings. The number of nitrogens with zero attached hydrogens (tertiary/aromatic N) is 3. The smallest absolute Gasteiger partial charge is 0.410 e. The highest BCUT2D eigenvalue weighted by Crippen LogP contribution is 2.31. The lowest BCUT2D eigenvalue weighted by atomic mass is 10.2. The Labute approximate surface area is 171 Å². The summed E-state index contributed by atoms with van der Waals surface area (Å²) < 4.78 is 10.9. The van der Waals surface area contributed by atoms with Crippen LogP contribution >= 0.6 is 0 Å². The van der Waals surface area contributed by atoms with Gasteiger partial charge < -0.3 is 24.2 Å².